The van der Waals surface area contributed by atoms with E-state index in [0.717, 1.165) is 0 Å². The first kappa shape index (κ1) is 18.5. The lowest BCUT2D eigenvalue weighted by Gasteiger charge is -2.31. The third-order valence-corrected chi connectivity index (χ3v) is 5.88. The molecule has 2 aromatic rings. The van der Waals surface area contributed by atoms with Crippen LogP contribution in [0.1, 0.15) is 18.4 Å². The van der Waals surface area contributed by atoms with Crippen molar-refractivity contribution in [3.05, 3.63) is 48.0 Å². The van der Waals surface area contributed by atoms with E-state index in [1.165, 1.54) is 42.0 Å². The Hall–Kier alpha value is -2.26. The third-order valence-electron chi connectivity index (χ3n) is 4.06. The molecule has 0 bridgehead atoms. The molecule has 26 heavy (non-hydrogen) atoms. The van der Waals surface area contributed by atoms with Gasteiger partial charge in [-0.2, -0.15) is 9.29 Å². The number of ether oxygens (including phenoxy) is 2. The van der Waals surface area contributed by atoms with Crippen molar-refractivity contribution in [3.63, 3.8) is 0 Å². The van der Waals surface area contributed by atoms with E-state index in [2.05, 4.69) is 9.97 Å². The molecule has 140 valence electrons. The van der Waals surface area contributed by atoms with Crippen LogP contribution in [-0.2, 0) is 15.8 Å². The molecule has 2 heterocycles. The molecule has 7 nitrogen and oxygen atoms in total. The average Bonchev–Trinajstić information content (AvgIpc) is 2.62. The maximum Gasteiger partial charge on any atom is 0.235 e. The van der Waals surface area contributed by atoms with E-state index in [4.69, 9.17) is 9.47 Å². The third kappa shape index (κ3) is 4.67. The number of piperidine rings is 1. The van der Waals surface area contributed by atoms with Crippen molar-refractivity contribution in [3.8, 4) is 11.8 Å². The summed E-state index contributed by atoms with van der Waals surface area (Å²) in [5.41, 5.74) is 0.423. The van der Waals surface area contributed by atoms with Crippen molar-refractivity contribution in [2.75, 3.05) is 20.2 Å². The van der Waals surface area contributed by atoms with Gasteiger partial charge < -0.3 is 9.47 Å². The lowest BCUT2D eigenvalue weighted by molar-refractivity contribution is 0.123. The van der Waals surface area contributed by atoms with Gasteiger partial charge in [-0.15, -0.1) is 0 Å². The number of aromatic nitrogens is 2. The highest BCUT2D eigenvalue weighted by molar-refractivity contribution is 7.88. The standard InChI is InChI=1S/C17H20FN3O4S/c1-24-16-9-19-10-17(20-16)25-15-6-3-7-21(11-15)26(22,23)12-13-4-2-5-14(18)8-13/h2,4-5,8-10,15H,3,6-7,11-12H2,1H3. The zero-order valence-electron chi connectivity index (χ0n) is 14.3. The lowest BCUT2D eigenvalue weighted by atomic mass is 10.1. The molecule has 1 aliphatic rings. The number of halogens is 1. The second-order valence-corrected chi connectivity index (χ2v) is 7.99. The smallest absolute Gasteiger partial charge is 0.235 e. The van der Waals surface area contributed by atoms with Crippen molar-refractivity contribution in [1.29, 1.82) is 0 Å². The minimum atomic E-state index is -3.57. The predicted octanol–water partition coefficient (Wildman–Crippen LogP) is 2.00. The van der Waals surface area contributed by atoms with Crippen LogP contribution in [0.4, 0.5) is 4.39 Å². The maximum absolute atomic E-state index is 13.3. The summed E-state index contributed by atoms with van der Waals surface area (Å²) in [6.07, 6.45) is 3.98. The molecule has 0 spiro atoms. The molecule has 1 saturated heterocycles. The van der Waals surface area contributed by atoms with Crippen LogP contribution in [0.15, 0.2) is 36.7 Å². The summed E-state index contributed by atoms with van der Waals surface area (Å²) in [6, 6.07) is 5.63. The van der Waals surface area contributed by atoms with Crippen LogP contribution >= 0.6 is 0 Å². The van der Waals surface area contributed by atoms with Crippen LogP contribution in [0.5, 0.6) is 11.8 Å². The summed E-state index contributed by atoms with van der Waals surface area (Å²) >= 11 is 0. The minimum absolute atomic E-state index is 0.219. The Morgan fingerprint density at radius 2 is 2.12 bits per heavy atom. The van der Waals surface area contributed by atoms with Crippen LogP contribution in [0, 0.1) is 5.82 Å². The Morgan fingerprint density at radius 3 is 2.88 bits per heavy atom. The van der Waals surface area contributed by atoms with Gasteiger partial charge in [0.2, 0.25) is 21.8 Å². The Balaban J connectivity index is 1.67. The van der Waals surface area contributed by atoms with Gasteiger partial charge in [0.15, 0.2) is 0 Å². The second kappa shape index (κ2) is 7.96. The van der Waals surface area contributed by atoms with E-state index in [1.807, 2.05) is 0 Å². The number of rotatable bonds is 6. The van der Waals surface area contributed by atoms with E-state index in [1.54, 1.807) is 6.07 Å². The zero-order chi connectivity index (χ0) is 18.6. The zero-order valence-corrected chi connectivity index (χ0v) is 15.2. The topological polar surface area (TPSA) is 81.6 Å². The van der Waals surface area contributed by atoms with Crippen molar-refractivity contribution < 1.29 is 22.3 Å². The maximum atomic E-state index is 13.3. The molecule has 3 rings (SSSR count). The van der Waals surface area contributed by atoms with Gasteiger partial charge in [0.05, 0.1) is 31.8 Å². The van der Waals surface area contributed by atoms with E-state index in [0.29, 0.717) is 36.7 Å². The van der Waals surface area contributed by atoms with Gasteiger partial charge >= 0.3 is 0 Å². The molecule has 0 saturated carbocycles. The minimum Gasteiger partial charge on any atom is -0.480 e. The van der Waals surface area contributed by atoms with Gasteiger partial charge in [0.1, 0.15) is 11.9 Å². The largest absolute Gasteiger partial charge is 0.480 e. The molecular formula is C17H20FN3O4S. The van der Waals surface area contributed by atoms with Gasteiger partial charge in [0, 0.05) is 6.54 Å². The molecule has 1 unspecified atom stereocenters. The quantitative estimate of drug-likeness (QED) is 0.761. The van der Waals surface area contributed by atoms with Gasteiger partial charge in [-0.3, -0.25) is 4.98 Å². The number of hydrogen-bond donors (Lipinski definition) is 0. The Bertz CT molecular complexity index is 863. The van der Waals surface area contributed by atoms with E-state index >= 15 is 0 Å². The summed E-state index contributed by atoms with van der Waals surface area (Å²) in [5, 5.41) is 0. The Labute approximate surface area is 151 Å². The molecule has 0 amide bonds. The van der Waals surface area contributed by atoms with Crippen LogP contribution in [0.25, 0.3) is 0 Å². The molecule has 1 aromatic carbocycles. The molecule has 1 aliphatic heterocycles. The molecule has 1 aromatic heterocycles. The number of sulfonamides is 1. The van der Waals surface area contributed by atoms with Crippen molar-refractivity contribution >= 4 is 10.0 Å². The molecule has 0 aliphatic carbocycles. The highest BCUT2D eigenvalue weighted by Crippen LogP contribution is 2.21. The van der Waals surface area contributed by atoms with Crippen LogP contribution in [0.2, 0.25) is 0 Å². The molecular weight excluding hydrogens is 361 g/mol. The lowest BCUT2D eigenvalue weighted by Crippen LogP contribution is -2.44. The van der Waals surface area contributed by atoms with E-state index < -0.39 is 15.8 Å². The fraction of sp³-hybridized carbons (Fsp3) is 0.412. The first-order valence-corrected chi connectivity index (χ1v) is 9.82. The first-order valence-electron chi connectivity index (χ1n) is 8.21. The molecule has 1 atom stereocenters. The summed E-state index contributed by atoms with van der Waals surface area (Å²) in [4.78, 5) is 8.11. The second-order valence-electron chi connectivity index (χ2n) is 6.03. The van der Waals surface area contributed by atoms with E-state index in [-0.39, 0.29) is 18.4 Å². The van der Waals surface area contributed by atoms with Crippen molar-refractivity contribution in [2.45, 2.75) is 24.7 Å². The summed E-state index contributed by atoms with van der Waals surface area (Å²) in [7, 11) is -2.08. The first-order chi connectivity index (χ1) is 12.5. The normalized spacial score (nSPS) is 18.5. The monoisotopic (exact) mass is 381 g/mol. The Kier molecular flexibility index (Phi) is 5.67. The highest BCUT2D eigenvalue weighted by Gasteiger charge is 2.30. The van der Waals surface area contributed by atoms with Gasteiger partial charge in [-0.05, 0) is 30.5 Å². The molecule has 0 N–H and O–H groups in total. The molecule has 9 heteroatoms. The van der Waals surface area contributed by atoms with Crippen molar-refractivity contribution in [2.24, 2.45) is 0 Å². The van der Waals surface area contributed by atoms with Gasteiger partial charge in [0.25, 0.3) is 0 Å². The van der Waals surface area contributed by atoms with Crippen LogP contribution in [-0.4, -0.2) is 49.0 Å². The Morgan fingerprint density at radius 1 is 1.31 bits per heavy atom. The van der Waals surface area contributed by atoms with Crippen molar-refractivity contribution in [1.82, 2.24) is 14.3 Å². The average molecular weight is 381 g/mol. The predicted molar refractivity (Wildman–Crippen MR) is 92.8 cm³/mol. The van der Waals surface area contributed by atoms with Gasteiger partial charge in [-0.25, -0.2) is 12.8 Å². The fourth-order valence-electron chi connectivity index (χ4n) is 2.84. The number of benzene rings is 1. The highest BCUT2D eigenvalue weighted by atomic mass is 32.2. The van der Waals surface area contributed by atoms with Crippen LogP contribution < -0.4 is 9.47 Å². The number of methoxy groups -OCH3 is 1. The van der Waals surface area contributed by atoms with Crippen LogP contribution in [0.3, 0.4) is 0 Å². The summed E-state index contributed by atoms with van der Waals surface area (Å²) in [6.45, 7) is 0.637. The fourth-order valence-corrected chi connectivity index (χ4v) is 4.42. The number of nitrogens with zero attached hydrogens (tertiary/aromatic N) is 3. The van der Waals surface area contributed by atoms with E-state index in [9.17, 15) is 12.8 Å². The SMILES string of the molecule is COc1cncc(OC2CCCN(S(=O)(=O)Cc3cccc(F)c3)C2)n1. The molecule has 0 radical (unpaired) electrons. The summed E-state index contributed by atoms with van der Waals surface area (Å²) < 4.78 is 50.8. The number of hydrogen-bond acceptors (Lipinski definition) is 6. The molecule has 1 fully saturated rings. The van der Waals surface area contributed by atoms with Gasteiger partial charge in [-0.1, -0.05) is 12.1 Å². The summed E-state index contributed by atoms with van der Waals surface area (Å²) in [5.74, 6) is -0.0713.